The normalized spacial score (nSPS) is 16.8. The molecule has 1 aliphatic carbocycles. The first-order chi connectivity index (χ1) is 9.51. The molecule has 112 valence electrons. The fraction of sp³-hybridized carbons (Fsp3) is 0.625. The van der Waals surface area contributed by atoms with Gasteiger partial charge in [-0.15, -0.1) is 0 Å². The number of hydrogen-bond donors (Lipinski definition) is 2. The molecule has 0 spiro atoms. The lowest BCUT2D eigenvalue weighted by molar-refractivity contribution is 0.0969. The third kappa shape index (κ3) is 4.39. The fourth-order valence-electron chi connectivity index (χ4n) is 2.27. The van der Waals surface area contributed by atoms with Crippen molar-refractivity contribution in [3.05, 3.63) is 24.3 Å². The van der Waals surface area contributed by atoms with Gasteiger partial charge in [-0.25, -0.2) is 0 Å². The van der Waals surface area contributed by atoms with E-state index >= 15 is 0 Å². The van der Waals surface area contributed by atoms with E-state index in [1.54, 1.807) is 7.11 Å². The summed E-state index contributed by atoms with van der Waals surface area (Å²) in [7, 11) is 1.62. The van der Waals surface area contributed by atoms with Gasteiger partial charge in [0.1, 0.15) is 24.2 Å². The lowest BCUT2D eigenvalue weighted by Gasteiger charge is -2.27. The SMILES string of the molecule is COc1cccc(OCC(O)CNC(C)(C)C2CC2)c1. The Labute approximate surface area is 121 Å². The molecule has 1 fully saturated rings. The lowest BCUT2D eigenvalue weighted by atomic mass is 9.98. The number of aliphatic hydroxyl groups excluding tert-OH is 1. The Kier molecular flexibility index (Phi) is 4.89. The summed E-state index contributed by atoms with van der Waals surface area (Å²) in [5.41, 5.74) is 0.108. The lowest BCUT2D eigenvalue weighted by Crippen LogP contribution is -2.46. The van der Waals surface area contributed by atoms with Crippen molar-refractivity contribution in [2.45, 2.75) is 38.3 Å². The van der Waals surface area contributed by atoms with Gasteiger partial charge in [0.25, 0.3) is 0 Å². The highest BCUT2D eigenvalue weighted by Crippen LogP contribution is 2.39. The fourth-order valence-corrected chi connectivity index (χ4v) is 2.27. The monoisotopic (exact) mass is 279 g/mol. The van der Waals surface area contributed by atoms with Crippen molar-refractivity contribution in [2.24, 2.45) is 5.92 Å². The van der Waals surface area contributed by atoms with E-state index in [1.807, 2.05) is 24.3 Å². The summed E-state index contributed by atoms with van der Waals surface area (Å²) in [6, 6.07) is 7.41. The molecule has 1 saturated carbocycles. The topological polar surface area (TPSA) is 50.7 Å². The number of ether oxygens (including phenoxy) is 2. The maximum atomic E-state index is 9.98. The smallest absolute Gasteiger partial charge is 0.123 e. The van der Waals surface area contributed by atoms with Crippen LogP contribution in [0.3, 0.4) is 0 Å². The van der Waals surface area contributed by atoms with Gasteiger partial charge in [-0.3, -0.25) is 0 Å². The summed E-state index contributed by atoms with van der Waals surface area (Å²) in [6.45, 7) is 5.22. The molecule has 4 nitrogen and oxygen atoms in total. The van der Waals surface area contributed by atoms with Gasteiger partial charge in [-0.05, 0) is 44.7 Å². The van der Waals surface area contributed by atoms with Crippen LogP contribution in [0.15, 0.2) is 24.3 Å². The van der Waals surface area contributed by atoms with Crippen LogP contribution in [0.25, 0.3) is 0 Å². The average molecular weight is 279 g/mol. The van der Waals surface area contributed by atoms with Crippen LogP contribution in [0.2, 0.25) is 0 Å². The van der Waals surface area contributed by atoms with Gasteiger partial charge in [-0.2, -0.15) is 0 Å². The molecule has 2 rings (SSSR count). The molecule has 0 radical (unpaired) electrons. The molecule has 1 aromatic carbocycles. The summed E-state index contributed by atoms with van der Waals surface area (Å²) in [4.78, 5) is 0. The Bertz CT molecular complexity index is 429. The molecule has 0 amide bonds. The number of benzene rings is 1. The molecule has 0 heterocycles. The third-order valence-electron chi connectivity index (χ3n) is 3.87. The van der Waals surface area contributed by atoms with Gasteiger partial charge in [0.05, 0.1) is 7.11 Å². The predicted molar refractivity (Wildman–Crippen MR) is 79.3 cm³/mol. The molecule has 0 saturated heterocycles. The van der Waals surface area contributed by atoms with E-state index in [1.165, 1.54) is 12.8 Å². The highest BCUT2D eigenvalue weighted by molar-refractivity contribution is 5.32. The molecular formula is C16H25NO3. The molecule has 0 aromatic heterocycles. The van der Waals surface area contributed by atoms with E-state index in [4.69, 9.17) is 9.47 Å². The van der Waals surface area contributed by atoms with E-state index in [-0.39, 0.29) is 12.1 Å². The highest BCUT2D eigenvalue weighted by atomic mass is 16.5. The number of hydrogen-bond acceptors (Lipinski definition) is 4. The Balaban J connectivity index is 1.72. The summed E-state index contributed by atoms with van der Waals surface area (Å²) in [6.07, 6.45) is 2.06. The summed E-state index contributed by atoms with van der Waals surface area (Å²) < 4.78 is 10.7. The largest absolute Gasteiger partial charge is 0.497 e. The Hall–Kier alpha value is -1.26. The minimum absolute atomic E-state index is 0.108. The first kappa shape index (κ1) is 15.1. The van der Waals surface area contributed by atoms with Crippen LogP contribution in [0.1, 0.15) is 26.7 Å². The van der Waals surface area contributed by atoms with Crippen LogP contribution in [0, 0.1) is 5.92 Å². The summed E-state index contributed by atoms with van der Waals surface area (Å²) in [5.74, 6) is 2.21. The van der Waals surface area contributed by atoms with Gasteiger partial charge in [-0.1, -0.05) is 6.07 Å². The molecule has 1 unspecified atom stereocenters. The molecule has 1 aliphatic rings. The van der Waals surface area contributed by atoms with Crippen molar-refractivity contribution < 1.29 is 14.6 Å². The Morgan fingerprint density at radius 2 is 2.05 bits per heavy atom. The number of β-amino-alcohol motifs (C(OH)–C–C–N with tert-alkyl or cyclic N) is 1. The molecule has 0 aliphatic heterocycles. The second-order valence-corrected chi connectivity index (χ2v) is 6.02. The number of methoxy groups -OCH3 is 1. The van der Waals surface area contributed by atoms with Crippen LogP contribution in [-0.4, -0.2) is 37.0 Å². The first-order valence-electron chi connectivity index (χ1n) is 7.21. The Morgan fingerprint density at radius 1 is 1.35 bits per heavy atom. The third-order valence-corrected chi connectivity index (χ3v) is 3.87. The van der Waals surface area contributed by atoms with E-state index < -0.39 is 6.10 Å². The molecular weight excluding hydrogens is 254 g/mol. The van der Waals surface area contributed by atoms with Crippen molar-refractivity contribution in [3.8, 4) is 11.5 Å². The van der Waals surface area contributed by atoms with Gasteiger partial charge < -0.3 is 19.9 Å². The molecule has 1 atom stereocenters. The van der Waals surface area contributed by atoms with Gasteiger partial charge in [0, 0.05) is 18.2 Å². The second-order valence-electron chi connectivity index (χ2n) is 6.02. The van der Waals surface area contributed by atoms with E-state index in [9.17, 15) is 5.11 Å². The van der Waals surface area contributed by atoms with Crippen molar-refractivity contribution >= 4 is 0 Å². The van der Waals surface area contributed by atoms with E-state index in [2.05, 4.69) is 19.2 Å². The van der Waals surface area contributed by atoms with Crippen molar-refractivity contribution in [1.29, 1.82) is 0 Å². The van der Waals surface area contributed by atoms with Gasteiger partial charge >= 0.3 is 0 Å². The number of rotatable bonds is 8. The predicted octanol–water partition coefficient (Wildman–Crippen LogP) is 2.21. The minimum atomic E-state index is -0.515. The Morgan fingerprint density at radius 3 is 2.70 bits per heavy atom. The zero-order chi connectivity index (χ0) is 14.6. The maximum absolute atomic E-state index is 9.98. The molecule has 20 heavy (non-hydrogen) atoms. The summed E-state index contributed by atoms with van der Waals surface area (Å²) >= 11 is 0. The van der Waals surface area contributed by atoms with Crippen LogP contribution in [0.5, 0.6) is 11.5 Å². The molecule has 1 aromatic rings. The quantitative estimate of drug-likeness (QED) is 0.766. The van der Waals surface area contributed by atoms with Crippen molar-refractivity contribution in [2.75, 3.05) is 20.3 Å². The van der Waals surface area contributed by atoms with Gasteiger partial charge in [0.2, 0.25) is 0 Å². The zero-order valence-electron chi connectivity index (χ0n) is 12.6. The van der Waals surface area contributed by atoms with Crippen molar-refractivity contribution in [3.63, 3.8) is 0 Å². The van der Waals surface area contributed by atoms with Crippen LogP contribution < -0.4 is 14.8 Å². The molecule has 2 N–H and O–H groups in total. The molecule has 4 heteroatoms. The second kappa shape index (κ2) is 6.46. The number of aliphatic hydroxyl groups is 1. The van der Waals surface area contributed by atoms with Crippen LogP contribution >= 0.6 is 0 Å². The zero-order valence-corrected chi connectivity index (χ0v) is 12.6. The minimum Gasteiger partial charge on any atom is -0.497 e. The van der Waals surface area contributed by atoms with Crippen LogP contribution in [0.4, 0.5) is 0 Å². The van der Waals surface area contributed by atoms with E-state index in [0.717, 1.165) is 11.7 Å². The van der Waals surface area contributed by atoms with E-state index in [0.29, 0.717) is 12.3 Å². The number of nitrogens with one attached hydrogen (secondary N) is 1. The van der Waals surface area contributed by atoms with Gasteiger partial charge in [0.15, 0.2) is 0 Å². The van der Waals surface area contributed by atoms with Crippen LogP contribution in [-0.2, 0) is 0 Å². The first-order valence-corrected chi connectivity index (χ1v) is 7.21. The standard InChI is InChI=1S/C16H25NO3/c1-16(2,12-7-8-12)17-10-13(18)11-20-15-6-4-5-14(9-15)19-3/h4-6,9,12-13,17-18H,7-8,10-11H2,1-3H3. The maximum Gasteiger partial charge on any atom is 0.123 e. The van der Waals surface area contributed by atoms with Crippen molar-refractivity contribution in [1.82, 2.24) is 5.32 Å². The molecule has 0 bridgehead atoms. The summed E-state index contributed by atoms with van der Waals surface area (Å²) in [5, 5.41) is 13.4. The highest BCUT2D eigenvalue weighted by Gasteiger charge is 2.37. The average Bonchev–Trinajstić information content (AvgIpc) is 3.28.